The molecule has 0 aliphatic heterocycles. The molecule has 0 aliphatic rings. The Labute approximate surface area is 130 Å². The number of amides is 2. The van der Waals surface area contributed by atoms with Crippen LogP contribution in [0.3, 0.4) is 0 Å². The van der Waals surface area contributed by atoms with E-state index in [2.05, 4.69) is 10.6 Å². The molecule has 0 aromatic heterocycles. The third-order valence-electron chi connectivity index (χ3n) is 3.03. The van der Waals surface area contributed by atoms with Gasteiger partial charge in [0.05, 0.1) is 6.61 Å². The highest BCUT2D eigenvalue weighted by Gasteiger charge is 2.11. The fraction of sp³-hybridized carbons (Fsp3) is 0.438. The van der Waals surface area contributed by atoms with Gasteiger partial charge in [-0.1, -0.05) is 6.92 Å². The first kappa shape index (κ1) is 17.7. The summed E-state index contributed by atoms with van der Waals surface area (Å²) >= 11 is 0. The first-order valence-electron chi connectivity index (χ1n) is 7.32. The molecule has 1 aromatic carbocycles. The Hall–Kier alpha value is -2.37. The fourth-order valence-electron chi connectivity index (χ4n) is 1.66. The summed E-state index contributed by atoms with van der Waals surface area (Å²) < 4.78 is 4.70. The number of nitrogens with one attached hydrogen (secondary N) is 2. The van der Waals surface area contributed by atoms with Crippen molar-refractivity contribution in [2.24, 2.45) is 0 Å². The SMILES string of the molecule is CCOC(=O)CC(=O)Nc1ccc(C(=O)NC(C)CC)cc1. The maximum Gasteiger partial charge on any atom is 0.315 e. The molecule has 2 amide bonds. The van der Waals surface area contributed by atoms with Crippen molar-refractivity contribution in [1.29, 1.82) is 0 Å². The van der Waals surface area contributed by atoms with E-state index in [1.165, 1.54) is 0 Å². The lowest BCUT2D eigenvalue weighted by molar-refractivity contribution is -0.145. The summed E-state index contributed by atoms with van der Waals surface area (Å²) in [6.07, 6.45) is 0.526. The number of carbonyl (C=O) groups excluding carboxylic acids is 3. The second-order valence-electron chi connectivity index (χ2n) is 4.89. The molecule has 0 saturated carbocycles. The van der Waals surface area contributed by atoms with Crippen LogP contribution in [0.5, 0.6) is 0 Å². The number of benzene rings is 1. The van der Waals surface area contributed by atoms with E-state index < -0.39 is 11.9 Å². The Balaban J connectivity index is 2.56. The molecule has 1 unspecified atom stereocenters. The van der Waals surface area contributed by atoms with Crippen molar-refractivity contribution >= 4 is 23.5 Å². The molecule has 0 bridgehead atoms. The molecule has 1 rings (SSSR count). The Morgan fingerprint density at radius 1 is 1.14 bits per heavy atom. The lowest BCUT2D eigenvalue weighted by atomic mass is 10.1. The summed E-state index contributed by atoms with van der Waals surface area (Å²) in [6.45, 7) is 5.85. The molecule has 0 aliphatic carbocycles. The monoisotopic (exact) mass is 306 g/mol. The fourth-order valence-corrected chi connectivity index (χ4v) is 1.66. The number of ether oxygens (including phenoxy) is 1. The summed E-state index contributed by atoms with van der Waals surface area (Å²) in [7, 11) is 0. The van der Waals surface area contributed by atoms with Crippen molar-refractivity contribution in [2.45, 2.75) is 39.7 Å². The van der Waals surface area contributed by atoms with Crippen molar-refractivity contribution in [3.8, 4) is 0 Å². The second kappa shape index (κ2) is 8.81. The lowest BCUT2D eigenvalue weighted by Gasteiger charge is -2.11. The van der Waals surface area contributed by atoms with E-state index >= 15 is 0 Å². The average molecular weight is 306 g/mol. The predicted octanol–water partition coefficient (Wildman–Crippen LogP) is 2.11. The zero-order valence-electron chi connectivity index (χ0n) is 13.1. The van der Waals surface area contributed by atoms with Gasteiger partial charge >= 0.3 is 5.97 Å². The van der Waals surface area contributed by atoms with E-state index in [0.29, 0.717) is 11.3 Å². The highest BCUT2D eigenvalue weighted by molar-refractivity contribution is 6.02. The van der Waals surface area contributed by atoms with Gasteiger partial charge in [-0.25, -0.2) is 0 Å². The zero-order valence-corrected chi connectivity index (χ0v) is 13.1. The molecule has 0 spiro atoms. The van der Waals surface area contributed by atoms with Gasteiger partial charge in [-0.05, 0) is 44.5 Å². The standard InChI is InChI=1S/C16H22N2O4/c1-4-11(3)17-16(21)12-6-8-13(9-7-12)18-14(19)10-15(20)22-5-2/h6-9,11H,4-5,10H2,1-3H3,(H,17,21)(H,18,19). The smallest absolute Gasteiger partial charge is 0.315 e. The average Bonchev–Trinajstić information content (AvgIpc) is 2.47. The second-order valence-corrected chi connectivity index (χ2v) is 4.89. The van der Waals surface area contributed by atoms with Crippen molar-refractivity contribution in [3.05, 3.63) is 29.8 Å². The van der Waals surface area contributed by atoms with Crippen LogP contribution in [0.25, 0.3) is 0 Å². The first-order valence-corrected chi connectivity index (χ1v) is 7.32. The molecule has 0 heterocycles. The van der Waals surface area contributed by atoms with E-state index in [1.54, 1.807) is 31.2 Å². The molecule has 6 nitrogen and oxygen atoms in total. The summed E-state index contributed by atoms with van der Waals surface area (Å²) in [5.41, 5.74) is 1.04. The largest absolute Gasteiger partial charge is 0.466 e. The van der Waals surface area contributed by atoms with Crippen molar-refractivity contribution in [2.75, 3.05) is 11.9 Å². The van der Waals surface area contributed by atoms with E-state index in [9.17, 15) is 14.4 Å². The van der Waals surface area contributed by atoms with Crippen LogP contribution in [-0.4, -0.2) is 30.4 Å². The van der Waals surface area contributed by atoms with Gasteiger partial charge in [-0.15, -0.1) is 0 Å². The first-order chi connectivity index (χ1) is 10.5. The molecular formula is C16H22N2O4. The number of esters is 1. The maximum absolute atomic E-state index is 11.9. The van der Waals surface area contributed by atoms with Gasteiger partial charge in [0.25, 0.3) is 5.91 Å². The highest BCUT2D eigenvalue weighted by Crippen LogP contribution is 2.10. The van der Waals surface area contributed by atoms with Gasteiger partial charge in [0.1, 0.15) is 6.42 Å². The minimum atomic E-state index is -0.565. The maximum atomic E-state index is 11.9. The molecule has 0 saturated heterocycles. The molecule has 120 valence electrons. The van der Waals surface area contributed by atoms with Gasteiger partial charge in [0.2, 0.25) is 5.91 Å². The highest BCUT2D eigenvalue weighted by atomic mass is 16.5. The molecule has 0 fully saturated rings. The van der Waals surface area contributed by atoms with Gasteiger partial charge in [0.15, 0.2) is 0 Å². The van der Waals surface area contributed by atoms with E-state index in [0.717, 1.165) is 6.42 Å². The summed E-state index contributed by atoms with van der Waals surface area (Å²) in [6, 6.07) is 6.59. The van der Waals surface area contributed by atoms with Gasteiger partial charge in [0, 0.05) is 17.3 Å². The number of hydrogen-bond acceptors (Lipinski definition) is 4. The summed E-state index contributed by atoms with van der Waals surface area (Å²) in [4.78, 5) is 34.7. The predicted molar refractivity (Wildman–Crippen MR) is 83.5 cm³/mol. The number of anilines is 1. The van der Waals surface area contributed by atoms with Gasteiger partial charge in [-0.3, -0.25) is 14.4 Å². The molecule has 1 atom stereocenters. The number of rotatable bonds is 7. The summed E-state index contributed by atoms with van der Waals surface area (Å²) in [5, 5.41) is 5.44. The molecular weight excluding hydrogens is 284 g/mol. The topological polar surface area (TPSA) is 84.5 Å². The van der Waals surface area contributed by atoms with Crippen molar-refractivity contribution in [1.82, 2.24) is 5.32 Å². The lowest BCUT2D eigenvalue weighted by Crippen LogP contribution is -2.31. The Morgan fingerprint density at radius 3 is 2.32 bits per heavy atom. The minimum Gasteiger partial charge on any atom is -0.466 e. The van der Waals surface area contributed by atoms with Crippen LogP contribution < -0.4 is 10.6 Å². The van der Waals surface area contributed by atoms with Crippen molar-refractivity contribution < 1.29 is 19.1 Å². The van der Waals surface area contributed by atoms with E-state index in [1.807, 2.05) is 13.8 Å². The number of hydrogen-bond donors (Lipinski definition) is 2. The molecule has 2 N–H and O–H groups in total. The zero-order chi connectivity index (χ0) is 16.5. The normalized spacial score (nSPS) is 11.4. The number of carbonyl (C=O) groups is 3. The molecule has 0 radical (unpaired) electrons. The third-order valence-corrected chi connectivity index (χ3v) is 3.03. The quantitative estimate of drug-likeness (QED) is 0.597. The van der Waals surface area contributed by atoms with E-state index in [4.69, 9.17) is 4.74 Å². The Kier molecular flexibility index (Phi) is 7.08. The Bertz CT molecular complexity index is 525. The van der Waals surface area contributed by atoms with Crippen LogP contribution in [0.4, 0.5) is 5.69 Å². The minimum absolute atomic E-state index is 0.108. The van der Waals surface area contributed by atoms with E-state index in [-0.39, 0.29) is 25.0 Å². The van der Waals surface area contributed by atoms with Crippen LogP contribution in [0.15, 0.2) is 24.3 Å². The van der Waals surface area contributed by atoms with Crippen LogP contribution in [0.1, 0.15) is 44.0 Å². The molecule has 22 heavy (non-hydrogen) atoms. The van der Waals surface area contributed by atoms with Crippen LogP contribution >= 0.6 is 0 Å². The summed E-state index contributed by atoms with van der Waals surface area (Å²) in [5.74, 6) is -1.17. The van der Waals surface area contributed by atoms with Crippen molar-refractivity contribution in [3.63, 3.8) is 0 Å². The third kappa shape index (κ3) is 5.95. The van der Waals surface area contributed by atoms with Crippen LogP contribution in [-0.2, 0) is 14.3 Å². The van der Waals surface area contributed by atoms with Gasteiger partial charge in [-0.2, -0.15) is 0 Å². The van der Waals surface area contributed by atoms with Crippen LogP contribution in [0, 0.1) is 0 Å². The molecule has 1 aromatic rings. The molecule has 6 heteroatoms. The Morgan fingerprint density at radius 2 is 1.77 bits per heavy atom. The van der Waals surface area contributed by atoms with Crippen LogP contribution in [0.2, 0.25) is 0 Å². The van der Waals surface area contributed by atoms with Gasteiger partial charge < -0.3 is 15.4 Å².